The van der Waals surface area contributed by atoms with Crippen molar-refractivity contribution in [3.8, 4) is 5.75 Å². The number of amides is 1. The zero-order valence-electron chi connectivity index (χ0n) is 12.7. The summed E-state index contributed by atoms with van der Waals surface area (Å²) in [5.74, 6) is 0.828. The number of carbonyl (C=O) groups is 1. The number of carbonyl (C=O) groups excluding carboxylic acids is 1. The third-order valence-corrected chi connectivity index (χ3v) is 3.02. The Labute approximate surface area is 121 Å². The van der Waals surface area contributed by atoms with Crippen molar-refractivity contribution < 1.29 is 14.6 Å². The minimum absolute atomic E-state index is 0.139. The standard InChI is InChI=1S/C16H25NO3/c1-5-14(18)13-8-6-7-9-15(13)20-12(4)16(19)17-10-11(2)3/h6-9,11-12,14,18H,5,10H2,1-4H3,(H,17,19). The molecule has 0 aliphatic carbocycles. The Morgan fingerprint density at radius 1 is 1.30 bits per heavy atom. The molecule has 4 heteroatoms. The lowest BCUT2D eigenvalue weighted by atomic mass is 10.1. The smallest absolute Gasteiger partial charge is 0.260 e. The third kappa shape index (κ3) is 4.85. The molecular formula is C16H25NO3. The van der Waals surface area contributed by atoms with Crippen LogP contribution in [0.25, 0.3) is 0 Å². The van der Waals surface area contributed by atoms with Gasteiger partial charge in [0.15, 0.2) is 6.10 Å². The summed E-state index contributed by atoms with van der Waals surface area (Å²) in [6.45, 7) is 8.33. The molecule has 0 aromatic heterocycles. The van der Waals surface area contributed by atoms with Gasteiger partial charge in [-0.05, 0) is 25.3 Å². The second-order valence-corrected chi connectivity index (χ2v) is 5.36. The average Bonchev–Trinajstić information content (AvgIpc) is 2.44. The number of para-hydroxylation sites is 1. The molecule has 20 heavy (non-hydrogen) atoms. The van der Waals surface area contributed by atoms with Gasteiger partial charge in [0.05, 0.1) is 6.10 Å². The minimum Gasteiger partial charge on any atom is -0.481 e. The topological polar surface area (TPSA) is 58.6 Å². The van der Waals surface area contributed by atoms with Crippen LogP contribution in [0, 0.1) is 5.92 Å². The molecule has 112 valence electrons. The van der Waals surface area contributed by atoms with Gasteiger partial charge in [0.2, 0.25) is 0 Å². The van der Waals surface area contributed by atoms with E-state index in [1.165, 1.54) is 0 Å². The summed E-state index contributed by atoms with van der Waals surface area (Å²) < 4.78 is 5.69. The maximum Gasteiger partial charge on any atom is 0.260 e. The number of hydrogen-bond donors (Lipinski definition) is 2. The molecule has 0 heterocycles. The van der Waals surface area contributed by atoms with E-state index in [9.17, 15) is 9.90 Å². The molecule has 1 amide bonds. The van der Waals surface area contributed by atoms with Crippen molar-refractivity contribution in [2.75, 3.05) is 6.54 Å². The minimum atomic E-state index is -0.584. The van der Waals surface area contributed by atoms with Gasteiger partial charge in [-0.2, -0.15) is 0 Å². The summed E-state index contributed by atoms with van der Waals surface area (Å²) in [7, 11) is 0. The maximum absolute atomic E-state index is 11.9. The molecule has 2 unspecified atom stereocenters. The quantitative estimate of drug-likeness (QED) is 0.806. The predicted molar refractivity (Wildman–Crippen MR) is 79.6 cm³/mol. The van der Waals surface area contributed by atoms with E-state index in [0.717, 1.165) is 5.56 Å². The molecular weight excluding hydrogens is 254 g/mol. The average molecular weight is 279 g/mol. The first-order chi connectivity index (χ1) is 9.45. The van der Waals surface area contributed by atoms with Gasteiger partial charge in [-0.15, -0.1) is 0 Å². The fourth-order valence-electron chi connectivity index (χ4n) is 1.78. The number of benzene rings is 1. The first kappa shape index (κ1) is 16.5. The Hall–Kier alpha value is -1.55. The van der Waals surface area contributed by atoms with E-state index >= 15 is 0 Å². The predicted octanol–water partition coefficient (Wildman–Crippen LogP) is 2.67. The lowest BCUT2D eigenvalue weighted by molar-refractivity contribution is -0.127. The van der Waals surface area contributed by atoms with Crippen LogP contribution in [0.1, 0.15) is 45.8 Å². The molecule has 1 aromatic carbocycles. The normalized spacial score (nSPS) is 13.9. The molecule has 0 spiro atoms. The highest BCUT2D eigenvalue weighted by Gasteiger charge is 2.18. The summed E-state index contributed by atoms with van der Waals surface area (Å²) in [6.07, 6.45) is -0.551. The molecule has 2 atom stereocenters. The largest absolute Gasteiger partial charge is 0.481 e. The number of nitrogens with one attached hydrogen (secondary N) is 1. The zero-order valence-corrected chi connectivity index (χ0v) is 12.7. The first-order valence-electron chi connectivity index (χ1n) is 7.17. The van der Waals surface area contributed by atoms with Gasteiger partial charge in [-0.25, -0.2) is 0 Å². The van der Waals surface area contributed by atoms with Gasteiger partial charge >= 0.3 is 0 Å². The van der Waals surface area contributed by atoms with Gasteiger partial charge < -0.3 is 15.2 Å². The van der Waals surface area contributed by atoms with E-state index in [1.54, 1.807) is 13.0 Å². The zero-order chi connectivity index (χ0) is 15.1. The van der Waals surface area contributed by atoms with Crippen LogP contribution in [0.15, 0.2) is 24.3 Å². The number of aliphatic hydroxyl groups excluding tert-OH is 1. The van der Waals surface area contributed by atoms with Gasteiger partial charge in [-0.3, -0.25) is 4.79 Å². The molecule has 0 aliphatic rings. The van der Waals surface area contributed by atoms with Crippen molar-refractivity contribution in [1.82, 2.24) is 5.32 Å². The highest BCUT2D eigenvalue weighted by molar-refractivity contribution is 5.80. The highest BCUT2D eigenvalue weighted by atomic mass is 16.5. The van der Waals surface area contributed by atoms with E-state index in [2.05, 4.69) is 5.32 Å². The van der Waals surface area contributed by atoms with Crippen molar-refractivity contribution >= 4 is 5.91 Å². The van der Waals surface area contributed by atoms with Crippen LogP contribution in [-0.2, 0) is 4.79 Å². The molecule has 0 saturated carbocycles. The highest BCUT2D eigenvalue weighted by Crippen LogP contribution is 2.27. The summed E-state index contributed by atoms with van der Waals surface area (Å²) in [5.41, 5.74) is 0.721. The number of rotatable bonds is 7. The summed E-state index contributed by atoms with van der Waals surface area (Å²) in [5, 5.41) is 12.8. The van der Waals surface area contributed by atoms with Crippen LogP contribution in [0.3, 0.4) is 0 Å². The van der Waals surface area contributed by atoms with Gasteiger partial charge in [0, 0.05) is 12.1 Å². The Bertz CT molecular complexity index is 431. The first-order valence-corrected chi connectivity index (χ1v) is 7.17. The van der Waals surface area contributed by atoms with Crippen molar-refractivity contribution in [3.63, 3.8) is 0 Å². The third-order valence-electron chi connectivity index (χ3n) is 3.02. The number of ether oxygens (including phenoxy) is 1. The summed E-state index contributed by atoms with van der Waals surface area (Å²) in [6, 6.07) is 7.28. The van der Waals surface area contributed by atoms with Gasteiger partial charge in [0.1, 0.15) is 5.75 Å². The Balaban J connectivity index is 2.70. The Kier molecular flexibility index (Phi) is 6.52. The molecule has 0 aliphatic heterocycles. The van der Waals surface area contributed by atoms with Crippen LogP contribution in [0.2, 0.25) is 0 Å². The Morgan fingerprint density at radius 2 is 1.95 bits per heavy atom. The summed E-state index contributed by atoms with van der Waals surface area (Å²) in [4.78, 5) is 11.9. The van der Waals surface area contributed by atoms with E-state index < -0.39 is 12.2 Å². The van der Waals surface area contributed by atoms with Crippen LogP contribution >= 0.6 is 0 Å². The van der Waals surface area contributed by atoms with Crippen LogP contribution in [0.5, 0.6) is 5.75 Å². The monoisotopic (exact) mass is 279 g/mol. The molecule has 1 aromatic rings. The van der Waals surface area contributed by atoms with Crippen molar-refractivity contribution in [2.45, 2.75) is 46.3 Å². The van der Waals surface area contributed by atoms with Crippen LogP contribution < -0.4 is 10.1 Å². The molecule has 0 bridgehead atoms. The second kappa shape index (κ2) is 7.90. The van der Waals surface area contributed by atoms with Crippen LogP contribution in [-0.4, -0.2) is 23.7 Å². The van der Waals surface area contributed by atoms with E-state index in [-0.39, 0.29) is 5.91 Å². The number of aliphatic hydroxyl groups is 1. The van der Waals surface area contributed by atoms with Gasteiger partial charge in [0.25, 0.3) is 5.91 Å². The fraction of sp³-hybridized carbons (Fsp3) is 0.562. The van der Waals surface area contributed by atoms with E-state index in [1.807, 2.05) is 39.0 Å². The summed E-state index contributed by atoms with van der Waals surface area (Å²) >= 11 is 0. The SMILES string of the molecule is CCC(O)c1ccccc1OC(C)C(=O)NCC(C)C. The number of hydrogen-bond acceptors (Lipinski definition) is 3. The molecule has 0 fully saturated rings. The molecule has 0 saturated heterocycles. The van der Waals surface area contributed by atoms with Crippen molar-refractivity contribution in [3.05, 3.63) is 29.8 Å². The van der Waals surface area contributed by atoms with Crippen molar-refractivity contribution in [1.29, 1.82) is 0 Å². The second-order valence-electron chi connectivity index (χ2n) is 5.36. The molecule has 4 nitrogen and oxygen atoms in total. The maximum atomic E-state index is 11.9. The van der Waals surface area contributed by atoms with Crippen LogP contribution in [0.4, 0.5) is 0 Å². The van der Waals surface area contributed by atoms with Gasteiger partial charge in [-0.1, -0.05) is 39.0 Å². The van der Waals surface area contributed by atoms with E-state index in [0.29, 0.717) is 24.6 Å². The molecule has 0 radical (unpaired) electrons. The molecule has 2 N–H and O–H groups in total. The van der Waals surface area contributed by atoms with E-state index in [4.69, 9.17) is 4.74 Å². The molecule has 1 rings (SSSR count). The van der Waals surface area contributed by atoms with Crippen molar-refractivity contribution in [2.24, 2.45) is 5.92 Å². The Morgan fingerprint density at radius 3 is 2.55 bits per heavy atom. The lowest BCUT2D eigenvalue weighted by Gasteiger charge is -2.19. The fourth-order valence-corrected chi connectivity index (χ4v) is 1.78. The lowest BCUT2D eigenvalue weighted by Crippen LogP contribution is -2.38.